The highest BCUT2D eigenvalue weighted by Gasteiger charge is 2.50. The lowest BCUT2D eigenvalue weighted by molar-refractivity contribution is -0.146. The van der Waals surface area contributed by atoms with Crippen molar-refractivity contribution in [3.8, 4) is 22.3 Å². The molecule has 16 heteroatoms. The standard InChI is InChI=1S/C51H62N6O8S2/c1-34-45(67-33-54-34)37-15-11-36(12-16-37)30-53-46(60)44-28-40(58)31-55(44)47(61)43(50(2,3)4)27-41(59)32-64-25-10-24-63-23-8-7-9-26-65-42-21-19-39(20-22-42)57-49(66)56(48(62)51(57,5)6)38-17-13-35(29-52)14-18-38/h11-22,33,40,43-44,58H,7-10,23-28,30-32H2,1-6H3,(H,53,60)/t40-,43-,44+/m1/s1. The number of carbonyl (C=O) groups excluding carboxylic acids is 4. The van der Waals surface area contributed by atoms with Crippen LogP contribution in [0, 0.1) is 29.6 Å². The molecule has 0 spiro atoms. The zero-order valence-electron chi connectivity index (χ0n) is 39.3. The van der Waals surface area contributed by atoms with Crippen LogP contribution in [0.4, 0.5) is 11.4 Å². The Morgan fingerprint density at radius 3 is 2.25 bits per heavy atom. The zero-order valence-corrected chi connectivity index (χ0v) is 40.9. The molecule has 3 atom stereocenters. The molecule has 6 rings (SSSR count). The minimum Gasteiger partial charge on any atom is -0.494 e. The molecule has 2 saturated heterocycles. The SMILES string of the molecule is Cc1ncsc1-c1ccc(CNC(=O)[C@@H]2C[C@@H](O)CN2C(=O)[C@@H](CC(=O)COCCCOCCCCCOc2ccc(N3C(=S)N(c4ccc(C#N)cc4)C(=O)C3(C)C)cc2)C(C)(C)C)cc1. The minimum absolute atomic E-state index is 0.0309. The number of unbranched alkanes of at least 4 members (excludes halogenated alkanes) is 2. The quantitative estimate of drug-likeness (QED) is 0.0580. The van der Waals surface area contributed by atoms with Crippen molar-refractivity contribution in [1.29, 1.82) is 5.26 Å². The van der Waals surface area contributed by atoms with Crippen LogP contribution in [0.3, 0.4) is 0 Å². The van der Waals surface area contributed by atoms with Crippen molar-refractivity contribution in [3.63, 3.8) is 0 Å². The predicted molar refractivity (Wildman–Crippen MR) is 263 cm³/mol. The number of thiocarbonyl (C=S) groups is 1. The van der Waals surface area contributed by atoms with Crippen molar-refractivity contribution in [2.24, 2.45) is 11.3 Å². The number of aryl methyl sites for hydroxylation is 1. The Morgan fingerprint density at radius 2 is 1.60 bits per heavy atom. The molecule has 67 heavy (non-hydrogen) atoms. The van der Waals surface area contributed by atoms with Gasteiger partial charge in [0.2, 0.25) is 11.8 Å². The number of benzene rings is 3. The van der Waals surface area contributed by atoms with Crippen LogP contribution in [0.5, 0.6) is 5.75 Å². The number of likely N-dealkylation sites (tertiary alicyclic amines) is 1. The first-order chi connectivity index (χ1) is 32.0. The van der Waals surface area contributed by atoms with Gasteiger partial charge < -0.3 is 34.4 Å². The van der Waals surface area contributed by atoms with Crippen LogP contribution >= 0.6 is 23.6 Å². The number of nitrogens with zero attached hydrogens (tertiary/aromatic N) is 5. The van der Waals surface area contributed by atoms with Gasteiger partial charge >= 0.3 is 0 Å². The molecule has 1 aromatic heterocycles. The molecule has 356 valence electrons. The van der Waals surface area contributed by atoms with Crippen LogP contribution in [0.1, 0.15) is 90.0 Å². The summed E-state index contributed by atoms with van der Waals surface area (Å²) < 4.78 is 17.4. The number of nitrogens with one attached hydrogen (secondary N) is 1. The Morgan fingerprint density at radius 1 is 0.940 bits per heavy atom. The molecule has 0 unspecified atom stereocenters. The van der Waals surface area contributed by atoms with Crippen LogP contribution in [0.15, 0.2) is 78.3 Å². The maximum Gasteiger partial charge on any atom is 0.259 e. The number of ketones is 1. The molecule has 0 radical (unpaired) electrons. The predicted octanol–water partition coefficient (Wildman–Crippen LogP) is 7.78. The summed E-state index contributed by atoms with van der Waals surface area (Å²) in [6.45, 7) is 13.5. The second-order valence-corrected chi connectivity index (χ2v) is 19.9. The Kier molecular flexibility index (Phi) is 17.4. The van der Waals surface area contributed by atoms with Gasteiger partial charge in [-0.15, -0.1) is 11.3 Å². The summed E-state index contributed by atoms with van der Waals surface area (Å²) in [6, 6.07) is 23.5. The van der Waals surface area contributed by atoms with Gasteiger partial charge in [-0.25, -0.2) is 4.98 Å². The summed E-state index contributed by atoms with van der Waals surface area (Å²) in [4.78, 5) is 64.2. The smallest absolute Gasteiger partial charge is 0.259 e. The lowest BCUT2D eigenvalue weighted by atomic mass is 9.77. The third-order valence-corrected chi connectivity index (χ3v) is 13.5. The van der Waals surface area contributed by atoms with Crippen molar-refractivity contribution in [2.45, 2.75) is 104 Å². The number of thiazole rings is 1. The number of amides is 3. The number of nitriles is 1. The number of ether oxygens (including phenoxy) is 3. The molecule has 2 aliphatic heterocycles. The maximum atomic E-state index is 14.0. The van der Waals surface area contributed by atoms with Crippen molar-refractivity contribution in [3.05, 3.63) is 95.1 Å². The van der Waals surface area contributed by atoms with Gasteiger partial charge in [0, 0.05) is 57.4 Å². The fraction of sp³-hybridized carbons (Fsp3) is 0.471. The molecular formula is C51H62N6O8S2. The maximum absolute atomic E-state index is 14.0. The summed E-state index contributed by atoms with van der Waals surface area (Å²) in [6.07, 6.45) is 2.52. The van der Waals surface area contributed by atoms with E-state index in [-0.39, 0.29) is 56.0 Å². The molecule has 0 saturated carbocycles. The lowest BCUT2D eigenvalue weighted by Gasteiger charge is -2.34. The molecule has 3 heterocycles. The Balaban J connectivity index is 0.837. The molecule has 0 bridgehead atoms. The zero-order chi connectivity index (χ0) is 48.3. The van der Waals surface area contributed by atoms with Gasteiger partial charge in [-0.1, -0.05) is 45.0 Å². The Hall–Kier alpha value is -5.57. The summed E-state index contributed by atoms with van der Waals surface area (Å²) in [5.41, 5.74) is 5.16. The number of aliphatic hydroxyl groups excluding tert-OH is 1. The number of anilines is 2. The van der Waals surface area contributed by atoms with E-state index < -0.39 is 29.0 Å². The van der Waals surface area contributed by atoms with Crippen LogP contribution in [-0.2, 0) is 35.2 Å². The molecule has 2 aliphatic rings. The fourth-order valence-corrected chi connectivity index (χ4v) is 9.61. The van der Waals surface area contributed by atoms with Gasteiger partial charge in [-0.3, -0.25) is 24.1 Å². The number of aliphatic hydroxyl groups is 1. The number of Topliss-reactive ketones (excluding diaryl/α,β-unsaturated/α-hetero) is 1. The van der Waals surface area contributed by atoms with Crippen LogP contribution < -0.4 is 19.9 Å². The van der Waals surface area contributed by atoms with Crippen LogP contribution in [-0.4, -0.2) is 101 Å². The van der Waals surface area contributed by atoms with E-state index in [1.165, 1.54) is 9.80 Å². The Bertz CT molecular complexity index is 2390. The second kappa shape index (κ2) is 23.0. The molecule has 2 N–H and O–H groups in total. The molecule has 14 nitrogen and oxygen atoms in total. The fourth-order valence-electron chi connectivity index (χ4n) is 8.27. The second-order valence-electron chi connectivity index (χ2n) is 18.6. The van der Waals surface area contributed by atoms with Gasteiger partial charge in [0.25, 0.3) is 5.91 Å². The van der Waals surface area contributed by atoms with E-state index in [9.17, 15) is 24.3 Å². The van der Waals surface area contributed by atoms with Crippen molar-refractivity contribution in [2.75, 3.05) is 49.4 Å². The van der Waals surface area contributed by atoms with E-state index in [1.807, 2.05) is 100 Å². The lowest BCUT2D eigenvalue weighted by Crippen LogP contribution is -2.50. The molecular weight excluding hydrogens is 889 g/mol. The topological polar surface area (TPSA) is 175 Å². The number of rotatable bonds is 22. The first kappa shape index (κ1) is 50.8. The average Bonchev–Trinajstić information content (AvgIpc) is 3.97. The van der Waals surface area contributed by atoms with E-state index in [4.69, 9.17) is 31.7 Å². The average molecular weight is 951 g/mol. The highest BCUT2D eigenvalue weighted by Crippen LogP contribution is 2.38. The molecule has 4 aromatic rings. The van der Waals surface area contributed by atoms with Gasteiger partial charge in [0.05, 0.1) is 46.1 Å². The molecule has 2 fully saturated rings. The van der Waals surface area contributed by atoms with Crippen LogP contribution in [0.2, 0.25) is 0 Å². The number of hydrogen-bond donors (Lipinski definition) is 2. The monoisotopic (exact) mass is 950 g/mol. The van der Waals surface area contributed by atoms with Crippen LogP contribution in [0.25, 0.3) is 10.4 Å². The van der Waals surface area contributed by atoms with E-state index in [1.54, 1.807) is 35.6 Å². The molecule has 3 amide bonds. The van der Waals surface area contributed by atoms with Crippen molar-refractivity contribution in [1.82, 2.24) is 15.2 Å². The summed E-state index contributed by atoms with van der Waals surface area (Å²) in [5, 5.41) is 23.0. The van der Waals surface area contributed by atoms with Gasteiger partial charge in [0.1, 0.15) is 23.9 Å². The summed E-state index contributed by atoms with van der Waals surface area (Å²) in [7, 11) is 0. The first-order valence-corrected chi connectivity index (χ1v) is 24.1. The summed E-state index contributed by atoms with van der Waals surface area (Å²) in [5.74, 6) is -0.993. The largest absolute Gasteiger partial charge is 0.494 e. The highest BCUT2D eigenvalue weighted by atomic mass is 32.1. The third-order valence-electron chi connectivity index (χ3n) is 12.1. The number of β-amino-alcohol motifs (C(OH)–C–C–N with tert-alkyl or cyclic N) is 1. The Labute approximate surface area is 403 Å². The van der Waals surface area contributed by atoms with E-state index in [0.717, 1.165) is 46.6 Å². The van der Waals surface area contributed by atoms with Crippen molar-refractivity contribution >= 4 is 63.5 Å². The summed E-state index contributed by atoms with van der Waals surface area (Å²) >= 11 is 7.35. The normalized spacial score (nSPS) is 17.4. The third kappa shape index (κ3) is 12.9. The van der Waals surface area contributed by atoms with Gasteiger partial charge in [0.15, 0.2) is 10.9 Å². The number of hydrogen-bond acceptors (Lipinski definition) is 12. The van der Waals surface area contributed by atoms with E-state index >= 15 is 0 Å². The van der Waals surface area contributed by atoms with Crippen molar-refractivity contribution < 1.29 is 38.5 Å². The van der Waals surface area contributed by atoms with Gasteiger partial charge in [-0.2, -0.15) is 5.26 Å². The number of carbonyl (C=O) groups is 4. The van der Waals surface area contributed by atoms with E-state index in [2.05, 4.69) is 16.4 Å². The molecule has 3 aromatic carbocycles. The minimum atomic E-state index is -0.908. The molecule has 0 aliphatic carbocycles. The number of aromatic nitrogens is 1. The first-order valence-electron chi connectivity index (χ1n) is 22.8. The van der Waals surface area contributed by atoms with E-state index in [0.29, 0.717) is 55.0 Å². The van der Waals surface area contributed by atoms with Gasteiger partial charge in [-0.05, 0) is 124 Å². The highest BCUT2D eigenvalue weighted by molar-refractivity contribution is 7.81.